The van der Waals surface area contributed by atoms with Crippen LogP contribution in [0.25, 0.3) is 0 Å². The van der Waals surface area contributed by atoms with Gasteiger partial charge >= 0.3 is 0 Å². The average Bonchev–Trinajstić information content (AvgIpc) is 2.29. The third-order valence-corrected chi connectivity index (χ3v) is 2.64. The molecule has 0 bridgehead atoms. The minimum absolute atomic E-state index is 0.824. The quantitative estimate of drug-likeness (QED) is 0.704. The van der Waals surface area contributed by atoms with E-state index in [0.717, 1.165) is 44.2 Å². The van der Waals surface area contributed by atoms with E-state index in [9.17, 15) is 0 Å². The van der Waals surface area contributed by atoms with E-state index in [1.54, 1.807) is 0 Å². The molecule has 0 saturated carbocycles. The van der Waals surface area contributed by atoms with E-state index in [1.807, 2.05) is 19.2 Å². The smallest absolute Gasteiger partial charge is 0.125 e. The molecule has 90 valence electrons. The van der Waals surface area contributed by atoms with Gasteiger partial charge in [0.2, 0.25) is 0 Å². The summed E-state index contributed by atoms with van der Waals surface area (Å²) >= 11 is 0. The standard InChI is InChI=1S/C12H22N4/c1-4-16(5-2)9-8-13-10-12-6-7-14-11(3)15-12/h6-7,13H,4-5,8-10H2,1-3H3. The Morgan fingerprint density at radius 2 is 2.06 bits per heavy atom. The number of nitrogens with zero attached hydrogens (tertiary/aromatic N) is 3. The highest BCUT2D eigenvalue weighted by molar-refractivity contribution is 5.00. The maximum absolute atomic E-state index is 4.34. The zero-order valence-corrected chi connectivity index (χ0v) is 10.5. The van der Waals surface area contributed by atoms with Crippen molar-refractivity contribution >= 4 is 0 Å². The van der Waals surface area contributed by atoms with Crippen molar-refractivity contribution in [1.82, 2.24) is 20.2 Å². The van der Waals surface area contributed by atoms with Crippen LogP contribution in [0.4, 0.5) is 0 Å². The van der Waals surface area contributed by atoms with Gasteiger partial charge in [0.25, 0.3) is 0 Å². The number of likely N-dealkylation sites (N-methyl/N-ethyl adjacent to an activating group) is 1. The van der Waals surface area contributed by atoms with Gasteiger partial charge < -0.3 is 10.2 Å². The Morgan fingerprint density at radius 3 is 2.69 bits per heavy atom. The maximum Gasteiger partial charge on any atom is 0.125 e. The lowest BCUT2D eigenvalue weighted by molar-refractivity contribution is 0.302. The summed E-state index contributed by atoms with van der Waals surface area (Å²) in [6.07, 6.45) is 1.81. The van der Waals surface area contributed by atoms with Gasteiger partial charge in [0.15, 0.2) is 0 Å². The van der Waals surface area contributed by atoms with Crippen LogP contribution in [0, 0.1) is 6.92 Å². The van der Waals surface area contributed by atoms with Crippen LogP contribution in [0.5, 0.6) is 0 Å². The second-order valence-electron chi connectivity index (χ2n) is 3.80. The Hall–Kier alpha value is -1.00. The Kier molecular flexibility index (Phi) is 5.96. The molecule has 1 rings (SSSR count). The molecular formula is C12H22N4. The summed E-state index contributed by atoms with van der Waals surface area (Å²) in [5, 5.41) is 3.40. The van der Waals surface area contributed by atoms with Crippen molar-refractivity contribution in [3.05, 3.63) is 23.8 Å². The molecule has 0 aliphatic carbocycles. The number of nitrogens with one attached hydrogen (secondary N) is 1. The third-order valence-electron chi connectivity index (χ3n) is 2.64. The second-order valence-corrected chi connectivity index (χ2v) is 3.80. The number of rotatable bonds is 7. The van der Waals surface area contributed by atoms with Gasteiger partial charge in [-0.1, -0.05) is 13.8 Å². The highest BCUT2D eigenvalue weighted by atomic mass is 15.1. The predicted molar refractivity (Wildman–Crippen MR) is 66.3 cm³/mol. The first kappa shape index (κ1) is 13.1. The largest absolute Gasteiger partial charge is 0.310 e. The molecule has 0 aliphatic rings. The molecule has 1 N–H and O–H groups in total. The van der Waals surface area contributed by atoms with Crippen LogP contribution >= 0.6 is 0 Å². The van der Waals surface area contributed by atoms with Gasteiger partial charge in [0.05, 0.1) is 5.69 Å². The maximum atomic E-state index is 4.34. The van der Waals surface area contributed by atoms with Crippen molar-refractivity contribution in [3.63, 3.8) is 0 Å². The number of aryl methyl sites for hydroxylation is 1. The van der Waals surface area contributed by atoms with E-state index >= 15 is 0 Å². The molecule has 0 unspecified atom stereocenters. The predicted octanol–water partition coefficient (Wildman–Crippen LogP) is 1.22. The van der Waals surface area contributed by atoms with Gasteiger partial charge in [0.1, 0.15) is 5.82 Å². The second kappa shape index (κ2) is 7.30. The van der Waals surface area contributed by atoms with E-state index in [4.69, 9.17) is 0 Å². The number of aromatic nitrogens is 2. The van der Waals surface area contributed by atoms with Crippen molar-refractivity contribution in [3.8, 4) is 0 Å². The SMILES string of the molecule is CCN(CC)CCNCc1ccnc(C)n1. The first-order valence-corrected chi connectivity index (χ1v) is 5.97. The van der Waals surface area contributed by atoms with E-state index in [-0.39, 0.29) is 0 Å². The summed E-state index contributed by atoms with van der Waals surface area (Å²) in [6.45, 7) is 11.5. The molecule has 0 aliphatic heterocycles. The highest BCUT2D eigenvalue weighted by Gasteiger charge is 1.98. The van der Waals surface area contributed by atoms with Crippen LogP contribution in [-0.2, 0) is 6.54 Å². The lowest BCUT2D eigenvalue weighted by atomic mass is 10.4. The van der Waals surface area contributed by atoms with Gasteiger partial charge in [-0.05, 0) is 26.1 Å². The average molecular weight is 222 g/mol. The van der Waals surface area contributed by atoms with Gasteiger partial charge in [-0.25, -0.2) is 9.97 Å². The zero-order chi connectivity index (χ0) is 11.8. The molecule has 0 radical (unpaired) electrons. The highest BCUT2D eigenvalue weighted by Crippen LogP contribution is 1.93. The first-order chi connectivity index (χ1) is 7.76. The fourth-order valence-corrected chi connectivity index (χ4v) is 1.60. The molecule has 16 heavy (non-hydrogen) atoms. The Morgan fingerprint density at radius 1 is 1.31 bits per heavy atom. The molecule has 0 aromatic carbocycles. The summed E-state index contributed by atoms with van der Waals surface area (Å²) in [5.74, 6) is 0.836. The Bertz CT molecular complexity index is 297. The van der Waals surface area contributed by atoms with Crippen molar-refractivity contribution in [2.45, 2.75) is 27.3 Å². The molecule has 1 heterocycles. The van der Waals surface area contributed by atoms with Crippen LogP contribution in [0.15, 0.2) is 12.3 Å². The molecule has 0 spiro atoms. The molecule has 0 atom stereocenters. The van der Waals surface area contributed by atoms with E-state index in [0.29, 0.717) is 0 Å². The fraction of sp³-hybridized carbons (Fsp3) is 0.667. The van der Waals surface area contributed by atoms with Gasteiger partial charge in [-0.2, -0.15) is 0 Å². The number of hydrogen-bond acceptors (Lipinski definition) is 4. The van der Waals surface area contributed by atoms with Gasteiger partial charge in [-0.15, -0.1) is 0 Å². The van der Waals surface area contributed by atoms with Crippen molar-refractivity contribution < 1.29 is 0 Å². The molecular weight excluding hydrogens is 200 g/mol. The lowest BCUT2D eigenvalue weighted by Crippen LogP contribution is -2.31. The van der Waals surface area contributed by atoms with Crippen molar-refractivity contribution in [1.29, 1.82) is 0 Å². The van der Waals surface area contributed by atoms with Gasteiger partial charge in [-0.3, -0.25) is 0 Å². The zero-order valence-electron chi connectivity index (χ0n) is 10.5. The summed E-state index contributed by atoms with van der Waals surface area (Å²) < 4.78 is 0. The van der Waals surface area contributed by atoms with Crippen molar-refractivity contribution in [2.75, 3.05) is 26.2 Å². The fourth-order valence-electron chi connectivity index (χ4n) is 1.60. The first-order valence-electron chi connectivity index (χ1n) is 5.97. The van der Waals surface area contributed by atoms with Gasteiger partial charge in [0, 0.05) is 25.8 Å². The van der Waals surface area contributed by atoms with Crippen LogP contribution in [0.3, 0.4) is 0 Å². The van der Waals surface area contributed by atoms with E-state index in [2.05, 4.69) is 34.0 Å². The van der Waals surface area contributed by atoms with Crippen LogP contribution in [0.1, 0.15) is 25.4 Å². The topological polar surface area (TPSA) is 41.0 Å². The summed E-state index contributed by atoms with van der Waals surface area (Å²) in [6, 6.07) is 1.96. The summed E-state index contributed by atoms with van der Waals surface area (Å²) in [4.78, 5) is 10.8. The summed E-state index contributed by atoms with van der Waals surface area (Å²) in [7, 11) is 0. The third kappa shape index (κ3) is 4.68. The molecule has 1 aromatic rings. The monoisotopic (exact) mass is 222 g/mol. The Labute approximate surface area is 98.1 Å². The van der Waals surface area contributed by atoms with E-state index in [1.165, 1.54) is 0 Å². The lowest BCUT2D eigenvalue weighted by Gasteiger charge is -2.17. The van der Waals surface area contributed by atoms with Crippen LogP contribution < -0.4 is 5.32 Å². The number of hydrogen-bond donors (Lipinski definition) is 1. The molecule has 1 aromatic heterocycles. The molecule has 0 amide bonds. The minimum Gasteiger partial charge on any atom is -0.310 e. The molecule has 0 fully saturated rings. The molecule has 4 nitrogen and oxygen atoms in total. The normalized spacial score (nSPS) is 11.0. The van der Waals surface area contributed by atoms with Crippen molar-refractivity contribution in [2.24, 2.45) is 0 Å². The van der Waals surface area contributed by atoms with Crippen LogP contribution in [-0.4, -0.2) is 41.0 Å². The molecule has 0 saturated heterocycles. The molecule has 4 heteroatoms. The minimum atomic E-state index is 0.824. The van der Waals surface area contributed by atoms with E-state index < -0.39 is 0 Å². The summed E-state index contributed by atoms with van der Waals surface area (Å²) in [5.41, 5.74) is 1.06. The Balaban J connectivity index is 2.20. The van der Waals surface area contributed by atoms with Crippen LogP contribution in [0.2, 0.25) is 0 Å².